The third kappa shape index (κ3) is 5.53. The zero-order valence-electron chi connectivity index (χ0n) is 32.8. The Morgan fingerprint density at radius 2 is 0.617 bits per heavy atom. The van der Waals surface area contributed by atoms with Crippen LogP contribution in [0.15, 0.2) is 252 Å². The highest BCUT2D eigenvalue weighted by Gasteiger charge is 2.46. The van der Waals surface area contributed by atoms with Crippen LogP contribution in [0, 0.1) is 0 Å². The van der Waals surface area contributed by atoms with Gasteiger partial charge in [-0.15, -0.1) is 0 Å². The smallest absolute Gasteiger partial charge is 0.105 e. The van der Waals surface area contributed by atoms with Crippen molar-refractivity contribution in [1.82, 2.24) is 9.97 Å². The summed E-state index contributed by atoms with van der Waals surface area (Å²) in [6.07, 6.45) is 8.76. The van der Waals surface area contributed by atoms with Crippen molar-refractivity contribution in [3.63, 3.8) is 0 Å². The van der Waals surface area contributed by atoms with Crippen LogP contribution in [0.3, 0.4) is 0 Å². The molecule has 6 aromatic carbocycles. The molecule has 2 aromatic heterocycles. The van der Waals surface area contributed by atoms with Gasteiger partial charge in [-0.3, -0.25) is 9.98 Å². The molecule has 0 atom stereocenters. The first kappa shape index (κ1) is 35.4. The maximum atomic E-state index is 5.70. The Labute approximate surface area is 350 Å². The maximum Gasteiger partial charge on any atom is 0.105 e. The van der Waals surface area contributed by atoms with Crippen LogP contribution in [0.5, 0.6) is 0 Å². The Balaban J connectivity index is 1.30. The molecule has 0 spiro atoms. The summed E-state index contributed by atoms with van der Waals surface area (Å²) < 4.78 is 0. The largest absolute Gasteiger partial charge is 0.357 e. The molecule has 0 unspecified atom stereocenters. The number of nitrogens with one attached hydrogen (secondary N) is 2. The quantitative estimate of drug-likeness (QED) is 0.169. The fraction of sp³-hybridized carbons (Fsp3) is 0.0357. The predicted octanol–water partition coefficient (Wildman–Crippen LogP) is 12.3. The number of rotatable bonds is 6. The van der Waals surface area contributed by atoms with Gasteiger partial charge in [0.2, 0.25) is 0 Å². The fourth-order valence-electron chi connectivity index (χ4n) is 9.61. The highest BCUT2D eigenvalue weighted by molar-refractivity contribution is 6.29. The third-order valence-corrected chi connectivity index (χ3v) is 12.2. The molecule has 4 nitrogen and oxygen atoms in total. The summed E-state index contributed by atoms with van der Waals surface area (Å²) in [4.78, 5) is 19.5. The molecule has 0 saturated heterocycles. The number of fused-ring (bicyclic) bond motifs is 6. The third-order valence-electron chi connectivity index (χ3n) is 12.2. The first-order valence-corrected chi connectivity index (χ1v) is 20.5. The van der Waals surface area contributed by atoms with E-state index in [9.17, 15) is 0 Å². The van der Waals surface area contributed by atoms with E-state index < -0.39 is 10.8 Å². The topological polar surface area (TPSA) is 56.3 Å². The number of hydrogen-bond donors (Lipinski definition) is 2. The van der Waals surface area contributed by atoms with Crippen LogP contribution in [0.2, 0.25) is 0 Å². The molecule has 8 bridgehead atoms. The van der Waals surface area contributed by atoms with Crippen molar-refractivity contribution in [2.24, 2.45) is 9.98 Å². The molecule has 2 N–H and O–H groups in total. The molecule has 4 heteroatoms. The van der Waals surface area contributed by atoms with Crippen molar-refractivity contribution in [3.8, 4) is 0 Å². The van der Waals surface area contributed by atoms with Crippen molar-refractivity contribution < 1.29 is 0 Å². The van der Waals surface area contributed by atoms with E-state index in [0.29, 0.717) is 0 Å². The molecule has 60 heavy (non-hydrogen) atoms. The fourth-order valence-corrected chi connectivity index (χ4v) is 9.61. The summed E-state index contributed by atoms with van der Waals surface area (Å²) in [5.74, 6) is 0. The van der Waals surface area contributed by atoms with Crippen LogP contribution in [0.25, 0.3) is 11.1 Å². The SMILES string of the molecule is C1=C/C2=C(\c3ccccc3)c3ccc([nH]3)C(c3ccccc3)(c3ccccc3)c3ccc([nH]3)/C(c3ccccc3)=C3/C=CC(=N3)C(c3ccccc3)(c3ccccc3)C1=N2. The normalized spacial score (nSPS) is 18.6. The van der Waals surface area contributed by atoms with E-state index in [2.05, 4.69) is 241 Å². The minimum absolute atomic E-state index is 0.745. The zero-order chi connectivity index (χ0) is 39.9. The lowest BCUT2D eigenvalue weighted by molar-refractivity contribution is 0.697. The Kier molecular flexibility index (Phi) is 8.56. The van der Waals surface area contributed by atoms with Gasteiger partial charge in [0.05, 0.1) is 22.8 Å². The monoisotopic (exact) mass is 768 g/mol. The standard InChI is InChI=1S/C56H40N4/c1-7-19-39(20-8-1)53-45-31-35-49(57-45)55(41-23-11-3-12-24-41,42-25-13-4-14-26-42)51-37-33-47(59-51)54(40-21-9-2-10-22-40)48-34-38-52(60-48)56(43-27-15-5-16-28-43,44-29-17-6-18-30-44)50-36-32-46(53)58-50/h1-38,57,59H/b53-46-,54-48-. The van der Waals surface area contributed by atoms with Crippen LogP contribution in [-0.2, 0) is 10.8 Å². The number of nitrogens with zero attached hydrogens (tertiary/aromatic N) is 2. The molecule has 0 fully saturated rings. The number of benzene rings is 6. The summed E-state index contributed by atoms with van der Waals surface area (Å²) in [6, 6.07) is 73.3. The highest BCUT2D eigenvalue weighted by Crippen LogP contribution is 2.48. The van der Waals surface area contributed by atoms with Gasteiger partial charge in [-0.1, -0.05) is 182 Å². The molecule has 5 heterocycles. The second kappa shape index (κ2) is 14.5. The lowest BCUT2D eigenvalue weighted by Crippen LogP contribution is -2.42. The summed E-state index contributed by atoms with van der Waals surface area (Å²) in [5, 5.41) is 0. The van der Waals surface area contributed by atoms with Gasteiger partial charge in [-0.25, -0.2) is 0 Å². The van der Waals surface area contributed by atoms with Crippen molar-refractivity contribution in [2.75, 3.05) is 0 Å². The molecule has 284 valence electrons. The van der Waals surface area contributed by atoms with Gasteiger partial charge in [0.1, 0.15) is 10.8 Å². The second-order valence-corrected chi connectivity index (χ2v) is 15.4. The Morgan fingerprint density at radius 1 is 0.300 bits per heavy atom. The van der Waals surface area contributed by atoms with Crippen molar-refractivity contribution in [3.05, 3.63) is 298 Å². The van der Waals surface area contributed by atoms with E-state index in [1.54, 1.807) is 0 Å². The first-order valence-electron chi connectivity index (χ1n) is 20.5. The highest BCUT2D eigenvalue weighted by atomic mass is 14.9. The molecule has 3 aliphatic heterocycles. The van der Waals surface area contributed by atoms with Crippen LogP contribution >= 0.6 is 0 Å². The van der Waals surface area contributed by atoms with Crippen LogP contribution in [0.1, 0.15) is 56.2 Å². The van der Waals surface area contributed by atoms with Crippen molar-refractivity contribution in [1.29, 1.82) is 0 Å². The molecule has 3 aliphatic rings. The van der Waals surface area contributed by atoms with Gasteiger partial charge >= 0.3 is 0 Å². The van der Waals surface area contributed by atoms with E-state index in [1.807, 2.05) is 0 Å². The predicted molar refractivity (Wildman–Crippen MR) is 245 cm³/mol. The second-order valence-electron chi connectivity index (χ2n) is 15.4. The van der Waals surface area contributed by atoms with E-state index in [-0.39, 0.29) is 0 Å². The lowest BCUT2D eigenvalue weighted by atomic mass is 9.67. The van der Waals surface area contributed by atoms with Crippen LogP contribution in [-0.4, -0.2) is 21.4 Å². The number of allylic oxidation sites excluding steroid dienone is 4. The number of aromatic amines is 2. The minimum Gasteiger partial charge on any atom is -0.357 e. The van der Waals surface area contributed by atoms with Crippen molar-refractivity contribution >= 4 is 22.6 Å². The average molecular weight is 769 g/mol. The molecule has 0 radical (unpaired) electrons. The summed E-state index contributed by atoms with van der Waals surface area (Å²) >= 11 is 0. The Bertz CT molecular complexity index is 2820. The first-order chi connectivity index (χ1) is 29.7. The maximum absolute atomic E-state index is 5.70. The molecule has 0 amide bonds. The minimum atomic E-state index is -0.836. The van der Waals surface area contributed by atoms with Gasteiger partial charge in [-0.2, -0.15) is 0 Å². The molecule has 0 aliphatic carbocycles. The van der Waals surface area contributed by atoms with Gasteiger partial charge in [-0.05, 0) is 82.0 Å². The van der Waals surface area contributed by atoms with E-state index in [1.165, 1.54) is 0 Å². The summed E-state index contributed by atoms with van der Waals surface area (Å²) in [5.41, 5.74) is 14.7. The summed E-state index contributed by atoms with van der Waals surface area (Å²) in [6.45, 7) is 0. The molecular weight excluding hydrogens is 729 g/mol. The average Bonchev–Trinajstić information content (AvgIpc) is 4.18. The Hall–Kier alpha value is -7.82. The van der Waals surface area contributed by atoms with Gasteiger partial charge < -0.3 is 9.97 Å². The molecule has 11 rings (SSSR count). The number of aromatic nitrogens is 2. The van der Waals surface area contributed by atoms with Gasteiger partial charge in [0, 0.05) is 33.9 Å². The van der Waals surface area contributed by atoms with E-state index >= 15 is 0 Å². The lowest BCUT2D eigenvalue weighted by Gasteiger charge is -2.34. The number of aliphatic imine (C=N–C) groups is 2. The Morgan fingerprint density at radius 3 is 0.967 bits per heavy atom. The zero-order valence-corrected chi connectivity index (χ0v) is 32.8. The number of hydrogen-bond acceptors (Lipinski definition) is 2. The molecule has 8 aromatic rings. The summed E-state index contributed by atoms with van der Waals surface area (Å²) in [7, 11) is 0. The van der Waals surface area contributed by atoms with Gasteiger partial charge in [0.15, 0.2) is 0 Å². The van der Waals surface area contributed by atoms with Gasteiger partial charge in [0.25, 0.3) is 0 Å². The molecular formula is C56H40N4. The van der Waals surface area contributed by atoms with E-state index in [4.69, 9.17) is 9.98 Å². The number of H-pyrrole nitrogens is 2. The molecule has 0 saturated carbocycles. The van der Waals surface area contributed by atoms with E-state index in [0.717, 1.165) is 90.1 Å². The van der Waals surface area contributed by atoms with Crippen LogP contribution in [0.4, 0.5) is 0 Å². The van der Waals surface area contributed by atoms with Crippen LogP contribution < -0.4 is 0 Å². The van der Waals surface area contributed by atoms with Crippen molar-refractivity contribution in [2.45, 2.75) is 10.8 Å².